The summed E-state index contributed by atoms with van der Waals surface area (Å²) >= 11 is 0. The van der Waals surface area contributed by atoms with Gasteiger partial charge in [-0.15, -0.1) is 0 Å². The van der Waals surface area contributed by atoms with Crippen molar-refractivity contribution < 1.29 is 17.9 Å². The molecule has 0 spiro atoms. The zero-order valence-electron chi connectivity index (χ0n) is 20.3. The second-order valence-corrected chi connectivity index (χ2v) is 8.96. The third-order valence-corrected chi connectivity index (χ3v) is 6.69. The van der Waals surface area contributed by atoms with Crippen LogP contribution < -0.4 is 4.74 Å². The highest BCUT2D eigenvalue weighted by Crippen LogP contribution is 2.36. The van der Waals surface area contributed by atoms with Crippen molar-refractivity contribution in [3.05, 3.63) is 95.8 Å². The second-order valence-electron chi connectivity index (χ2n) is 8.96. The van der Waals surface area contributed by atoms with Gasteiger partial charge in [-0.25, -0.2) is 8.78 Å². The van der Waals surface area contributed by atoms with E-state index in [1.165, 1.54) is 18.6 Å². The highest BCUT2D eigenvalue weighted by Gasteiger charge is 2.18. The first kappa shape index (κ1) is 24.8. The van der Waals surface area contributed by atoms with E-state index in [4.69, 9.17) is 4.74 Å². The number of halogens is 3. The van der Waals surface area contributed by atoms with Crippen LogP contribution in [0.25, 0.3) is 27.8 Å². The number of ether oxygens (including phenoxy) is 1. The zero-order valence-corrected chi connectivity index (χ0v) is 20.3. The van der Waals surface area contributed by atoms with Crippen molar-refractivity contribution in [1.82, 2.24) is 0 Å². The maximum absolute atomic E-state index is 15.1. The summed E-state index contributed by atoms with van der Waals surface area (Å²) in [4.78, 5) is 0. The van der Waals surface area contributed by atoms with Crippen LogP contribution in [-0.4, -0.2) is 6.61 Å². The molecular weight excluding hydrogens is 445 g/mol. The molecule has 1 aliphatic rings. The van der Waals surface area contributed by atoms with Crippen molar-refractivity contribution in [2.24, 2.45) is 5.92 Å². The van der Waals surface area contributed by atoms with Crippen LogP contribution in [0, 0.1) is 23.4 Å². The molecule has 1 unspecified atom stereocenters. The van der Waals surface area contributed by atoms with E-state index in [0.29, 0.717) is 17.0 Å². The average molecular weight is 477 g/mol. The lowest BCUT2D eigenvalue weighted by atomic mass is 9.84. The van der Waals surface area contributed by atoms with E-state index >= 15 is 4.39 Å². The Labute approximate surface area is 206 Å². The molecule has 0 amide bonds. The summed E-state index contributed by atoms with van der Waals surface area (Å²) in [6.07, 6.45) is 11.8. The lowest BCUT2D eigenvalue weighted by molar-refractivity contribution is 0.314. The van der Waals surface area contributed by atoms with E-state index in [1.54, 1.807) is 37.3 Å². The predicted molar refractivity (Wildman–Crippen MR) is 138 cm³/mol. The van der Waals surface area contributed by atoms with E-state index in [1.807, 2.05) is 19.1 Å². The van der Waals surface area contributed by atoms with E-state index in [2.05, 4.69) is 18.2 Å². The highest BCUT2D eigenvalue weighted by atomic mass is 19.2. The Kier molecular flexibility index (Phi) is 8.12. The molecule has 35 heavy (non-hydrogen) atoms. The molecule has 0 saturated heterocycles. The molecule has 1 atom stereocenters. The molecule has 4 heteroatoms. The molecule has 1 nitrogen and oxygen atoms in total. The van der Waals surface area contributed by atoms with Crippen molar-refractivity contribution in [3.63, 3.8) is 0 Å². The van der Waals surface area contributed by atoms with Crippen LogP contribution in [0.4, 0.5) is 13.2 Å². The normalized spacial score (nSPS) is 15.9. The molecule has 0 aliphatic heterocycles. The first-order valence-corrected chi connectivity index (χ1v) is 12.3. The molecule has 3 aromatic carbocycles. The first-order valence-electron chi connectivity index (χ1n) is 12.3. The van der Waals surface area contributed by atoms with Gasteiger partial charge in [0.1, 0.15) is 5.82 Å². The van der Waals surface area contributed by atoms with Crippen LogP contribution >= 0.6 is 0 Å². The van der Waals surface area contributed by atoms with Gasteiger partial charge in [-0.05, 0) is 92.3 Å². The molecule has 1 aliphatic carbocycles. The number of rotatable bonds is 8. The number of benzene rings is 3. The summed E-state index contributed by atoms with van der Waals surface area (Å²) in [5.41, 5.74) is 4.02. The smallest absolute Gasteiger partial charge is 0.201 e. The molecule has 0 radical (unpaired) electrons. The quantitative estimate of drug-likeness (QED) is 0.294. The predicted octanol–water partition coefficient (Wildman–Crippen LogP) is 9.38. The van der Waals surface area contributed by atoms with Crippen molar-refractivity contribution in [3.8, 4) is 28.0 Å². The average Bonchev–Trinajstić information content (AvgIpc) is 2.88. The Bertz CT molecular complexity index is 1220. The minimum absolute atomic E-state index is 0.0989. The van der Waals surface area contributed by atoms with Crippen molar-refractivity contribution >= 4 is 5.57 Å². The Hall–Kier alpha value is -3.27. The van der Waals surface area contributed by atoms with Crippen LogP contribution in [0.3, 0.4) is 0 Å². The van der Waals surface area contributed by atoms with Crippen molar-refractivity contribution in [2.75, 3.05) is 6.61 Å². The topological polar surface area (TPSA) is 9.23 Å². The van der Waals surface area contributed by atoms with Gasteiger partial charge in [0.15, 0.2) is 11.6 Å². The third-order valence-electron chi connectivity index (χ3n) is 6.69. The molecule has 0 heterocycles. The SMILES string of the molecule is C/C=C/CCC1CC=C(c2ccc(-c3ccc(-c4ccc(OCC)c(F)c4F)cc3)cc2F)CC1. The van der Waals surface area contributed by atoms with Crippen LogP contribution in [0.5, 0.6) is 5.75 Å². The summed E-state index contributed by atoms with van der Waals surface area (Å²) in [5, 5.41) is 0. The van der Waals surface area contributed by atoms with Crippen LogP contribution in [-0.2, 0) is 0 Å². The maximum atomic E-state index is 15.1. The minimum atomic E-state index is -0.993. The summed E-state index contributed by atoms with van der Waals surface area (Å²) in [6, 6.07) is 15.3. The van der Waals surface area contributed by atoms with Crippen molar-refractivity contribution in [1.29, 1.82) is 0 Å². The van der Waals surface area contributed by atoms with Crippen LogP contribution in [0.1, 0.15) is 51.5 Å². The number of hydrogen-bond donors (Lipinski definition) is 0. The van der Waals surface area contributed by atoms with Gasteiger partial charge in [0.25, 0.3) is 0 Å². The van der Waals surface area contributed by atoms with E-state index in [-0.39, 0.29) is 23.7 Å². The molecule has 0 bridgehead atoms. The van der Waals surface area contributed by atoms with Gasteiger partial charge in [-0.1, -0.05) is 54.6 Å². The van der Waals surface area contributed by atoms with E-state index in [0.717, 1.165) is 42.4 Å². The van der Waals surface area contributed by atoms with Gasteiger partial charge in [-0.3, -0.25) is 0 Å². The molecule has 0 aromatic heterocycles. The van der Waals surface area contributed by atoms with E-state index in [9.17, 15) is 8.78 Å². The third kappa shape index (κ3) is 5.70. The Morgan fingerprint density at radius 1 is 0.886 bits per heavy atom. The number of allylic oxidation sites excluding steroid dienone is 4. The Balaban J connectivity index is 1.49. The fraction of sp³-hybridized carbons (Fsp3) is 0.290. The lowest BCUT2D eigenvalue weighted by Crippen LogP contribution is -2.06. The Morgan fingerprint density at radius 2 is 1.60 bits per heavy atom. The highest BCUT2D eigenvalue weighted by molar-refractivity contribution is 5.74. The van der Waals surface area contributed by atoms with Gasteiger partial charge >= 0.3 is 0 Å². The minimum Gasteiger partial charge on any atom is -0.491 e. The molecule has 3 aromatic rings. The molecule has 0 N–H and O–H groups in total. The summed E-state index contributed by atoms with van der Waals surface area (Å²) in [5.74, 6) is -1.59. The molecule has 4 rings (SSSR count). The first-order chi connectivity index (χ1) is 17.0. The second kappa shape index (κ2) is 11.4. The summed E-state index contributed by atoms with van der Waals surface area (Å²) < 4.78 is 49.0. The summed E-state index contributed by atoms with van der Waals surface area (Å²) in [7, 11) is 0. The van der Waals surface area contributed by atoms with Gasteiger partial charge in [0, 0.05) is 11.1 Å². The Morgan fingerprint density at radius 3 is 2.26 bits per heavy atom. The summed E-state index contributed by atoms with van der Waals surface area (Å²) in [6.45, 7) is 4.02. The number of hydrogen-bond acceptors (Lipinski definition) is 1. The van der Waals surface area contributed by atoms with Gasteiger partial charge in [0.2, 0.25) is 5.82 Å². The van der Waals surface area contributed by atoms with Crippen molar-refractivity contribution in [2.45, 2.75) is 46.0 Å². The molecule has 0 fully saturated rings. The molecule has 0 saturated carbocycles. The maximum Gasteiger partial charge on any atom is 0.201 e. The van der Waals surface area contributed by atoms with Crippen LogP contribution in [0.15, 0.2) is 72.8 Å². The fourth-order valence-electron chi connectivity index (χ4n) is 4.71. The molecular formula is C31H31F3O. The standard InChI is InChI=1S/C31H31F3O/c1-3-5-6-7-21-8-10-23(11-9-21)26-17-16-25(20-28(26)32)22-12-14-24(15-13-22)27-18-19-29(35-4-2)31(34)30(27)33/h3,5,10,12-21H,4,6-9,11H2,1-2H3/b5-3+. The largest absolute Gasteiger partial charge is 0.491 e. The monoisotopic (exact) mass is 476 g/mol. The lowest BCUT2D eigenvalue weighted by Gasteiger charge is -2.22. The van der Waals surface area contributed by atoms with Crippen LogP contribution in [0.2, 0.25) is 0 Å². The van der Waals surface area contributed by atoms with Gasteiger partial charge in [0.05, 0.1) is 6.61 Å². The van der Waals surface area contributed by atoms with Gasteiger partial charge in [-0.2, -0.15) is 4.39 Å². The fourth-order valence-corrected chi connectivity index (χ4v) is 4.71. The zero-order chi connectivity index (χ0) is 24.8. The molecule has 182 valence electrons. The van der Waals surface area contributed by atoms with E-state index < -0.39 is 11.6 Å². The van der Waals surface area contributed by atoms with Gasteiger partial charge < -0.3 is 4.74 Å².